The predicted molar refractivity (Wildman–Crippen MR) is 109 cm³/mol. The van der Waals surface area contributed by atoms with Crippen LogP contribution in [0.15, 0.2) is 47.2 Å². The zero-order valence-corrected chi connectivity index (χ0v) is 17.2. The van der Waals surface area contributed by atoms with Crippen molar-refractivity contribution < 1.29 is 37.0 Å². The first-order valence-corrected chi connectivity index (χ1v) is 9.98. The Balaban J connectivity index is 1.42. The van der Waals surface area contributed by atoms with Crippen molar-refractivity contribution in [2.75, 3.05) is 6.61 Å². The molecule has 0 radical (unpaired) electrons. The summed E-state index contributed by atoms with van der Waals surface area (Å²) in [6.45, 7) is -2.77. The quantitative estimate of drug-likeness (QED) is 0.456. The second-order valence-electron chi connectivity index (χ2n) is 7.31. The molecule has 1 aromatic carbocycles. The molecule has 172 valence electrons. The van der Waals surface area contributed by atoms with E-state index in [1.54, 1.807) is 0 Å². The molecule has 0 aliphatic heterocycles. The lowest BCUT2D eigenvalue weighted by atomic mass is 10.2. The largest absolute Gasteiger partial charge is 0.489 e. The fourth-order valence-corrected chi connectivity index (χ4v) is 2.82. The molecule has 0 saturated heterocycles. The maximum Gasteiger partial charge on any atom is 0.387 e. The van der Waals surface area contributed by atoms with Crippen molar-refractivity contribution in [2.45, 2.75) is 26.1 Å². The summed E-state index contributed by atoms with van der Waals surface area (Å²) in [7, 11) is 0. The van der Waals surface area contributed by atoms with Gasteiger partial charge >= 0.3 is 12.6 Å². The Morgan fingerprint density at radius 1 is 1.18 bits per heavy atom. The van der Waals surface area contributed by atoms with Crippen LogP contribution in [0, 0.1) is 5.92 Å². The fourth-order valence-electron chi connectivity index (χ4n) is 2.82. The summed E-state index contributed by atoms with van der Waals surface area (Å²) in [6, 6.07) is 7.06. The number of oxazole rings is 1. The van der Waals surface area contributed by atoms with E-state index in [1.807, 2.05) is 0 Å². The number of nitrogens with zero attached hydrogens (tertiary/aromatic N) is 2. The number of aromatic nitrogens is 2. The highest BCUT2D eigenvalue weighted by molar-refractivity contribution is 5.93. The van der Waals surface area contributed by atoms with Gasteiger partial charge in [-0.1, -0.05) is 0 Å². The van der Waals surface area contributed by atoms with Gasteiger partial charge < -0.3 is 24.4 Å². The molecule has 1 amide bonds. The van der Waals surface area contributed by atoms with Crippen molar-refractivity contribution in [1.29, 1.82) is 0 Å². The maximum atomic E-state index is 12.7. The smallest absolute Gasteiger partial charge is 0.387 e. The van der Waals surface area contributed by atoms with Gasteiger partial charge in [-0.3, -0.25) is 4.79 Å². The van der Waals surface area contributed by atoms with Crippen LogP contribution < -0.4 is 15.2 Å². The Labute approximate surface area is 186 Å². The summed E-state index contributed by atoms with van der Waals surface area (Å²) in [6.07, 6.45) is 4.56. The number of esters is 1. The van der Waals surface area contributed by atoms with Crippen LogP contribution in [0.2, 0.25) is 0 Å². The van der Waals surface area contributed by atoms with Gasteiger partial charge in [-0.2, -0.15) is 8.78 Å². The standard InChI is InChI=1S/C22H19F2N3O6/c23-22(24)33-17-6-4-13(7-18(17)30-9-12-1-2-12)20-27-15(10-31-20)11-32-21(29)16-5-3-14(8-26-16)19(25)28/h3-8,10,12,22H,1-2,9,11H2,(H2,25,28). The molecule has 1 aliphatic carbocycles. The van der Waals surface area contributed by atoms with E-state index >= 15 is 0 Å². The summed E-state index contributed by atoms with van der Waals surface area (Å²) in [5.41, 5.74) is 6.09. The van der Waals surface area contributed by atoms with E-state index in [4.69, 9.17) is 19.6 Å². The summed E-state index contributed by atoms with van der Waals surface area (Å²) in [4.78, 5) is 31.3. The van der Waals surface area contributed by atoms with E-state index in [0.29, 0.717) is 23.8 Å². The van der Waals surface area contributed by atoms with E-state index in [1.165, 1.54) is 42.8 Å². The molecule has 11 heteroatoms. The molecule has 3 aromatic rings. The number of rotatable bonds is 10. The molecule has 1 aliphatic rings. The van der Waals surface area contributed by atoms with Crippen LogP contribution in [0.3, 0.4) is 0 Å². The van der Waals surface area contributed by atoms with Gasteiger partial charge in [0.05, 0.1) is 12.2 Å². The van der Waals surface area contributed by atoms with Crippen LogP contribution in [-0.4, -0.2) is 35.1 Å². The summed E-state index contributed by atoms with van der Waals surface area (Å²) >= 11 is 0. The molecule has 9 nitrogen and oxygen atoms in total. The number of benzene rings is 1. The number of hydrogen-bond acceptors (Lipinski definition) is 8. The van der Waals surface area contributed by atoms with Gasteiger partial charge in [-0.15, -0.1) is 0 Å². The van der Waals surface area contributed by atoms with Crippen LogP contribution in [-0.2, 0) is 11.3 Å². The fraction of sp³-hybridized carbons (Fsp3) is 0.273. The van der Waals surface area contributed by atoms with Gasteiger partial charge in [-0.25, -0.2) is 14.8 Å². The lowest BCUT2D eigenvalue weighted by Gasteiger charge is -2.12. The third kappa shape index (κ3) is 5.82. The Morgan fingerprint density at radius 3 is 2.67 bits per heavy atom. The van der Waals surface area contributed by atoms with Crippen LogP contribution >= 0.6 is 0 Å². The van der Waals surface area contributed by atoms with Crippen LogP contribution in [0.1, 0.15) is 39.4 Å². The molecule has 0 spiro atoms. The number of primary amides is 1. The molecular formula is C22H19F2N3O6. The van der Waals surface area contributed by atoms with Crippen molar-refractivity contribution >= 4 is 11.9 Å². The third-order valence-electron chi connectivity index (χ3n) is 4.74. The first kappa shape index (κ1) is 22.2. The molecule has 2 heterocycles. The minimum absolute atomic E-state index is 0.00390. The lowest BCUT2D eigenvalue weighted by molar-refractivity contribution is -0.0515. The normalized spacial score (nSPS) is 13.1. The molecule has 1 fully saturated rings. The zero-order chi connectivity index (χ0) is 23.4. The third-order valence-corrected chi connectivity index (χ3v) is 4.74. The van der Waals surface area contributed by atoms with E-state index in [-0.39, 0.29) is 35.3 Å². The molecule has 4 rings (SSSR count). The highest BCUT2D eigenvalue weighted by Crippen LogP contribution is 2.36. The Kier molecular flexibility index (Phi) is 6.48. The number of amides is 1. The minimum atomic E-state index is -2.98. The number of alkyl halides is 2. The second-order valence-corrected chi connectivity index (χ2v) is 7.31. The van der Waals surface area contributed by atoms with Gasteiger partial charge in [0.2, 0.25) is 11.8 Å². The van der Waals surface area contributed by atoms with Crippen molar-refractivity contribution in [3.8, 4) is 23.0 Å². The van der Waals surface area contributed by atoms with Crippen molar-refractivity contribution in [3.63, 3.8) is 0 Å². The number of carbonyl (C=O) groups excluding carboxylic acids is 2. The Hall–Kier alpha value is -4.02. The maximum absolute atomic E-state index is 12.7. The topological polar surface area (TPSA) is 127 Å². The molecule has 0 unspecified atom stereocenters. The van der Waals surface area contributed by atoms with Crippen molar-refractivity contribution in [1.82, 2.24) is 9.97 Å². The van der Waals surface area contributed by atoms with Gasteiger partial charge in [-0.05, 0) is 49.1 Å². The predicted octanol–water partition coefficient (Wildman–Crippen LogP) is 3.58. The summed E-state index contributed by atoms with van der Waals surface area (Å²) in [5.74, 6) is -0.698. The average Bonchev–Trinajstić information content (AvgIpc) is 3.51. The Morgan fingerprint density at radius 2 is 2.00 bits per heavy atom. The van der Waals surface area contributed by atoms with Crippen molar-refractivity contribution in [2.24, 2.45) is 11.7 Å². The lowest BCUT2D eigenvalue weighted by Crippen LogP contribution is -2.13. The number of pyridine rings is 1. The first-order chi connectivity index (χ1) is 15.9. The summed E-state index contributed by atoms with van der Waals surface area (Å²) in [5, 5.41) is 0. The van der Waals surface area contributed by atoms with Crippen LogP contribution in [0.4, 0.5) is 8.78 Å². The monoisotopic (exact) mass is 459 g/mol. The van der Waals surface area contributed by atoms with E-state index in [9.17, 15) is 18.4 Å². The Bertz CT molecular complexity index is 1150. The van der Waals surface area contributed by atoms with E-state index in [0.717, 1.165) is 12.8 Å². The number of nitrogens with two attached hydrogens (primary N) is 1. The molecule has 33 heavy (non-hydrogen) atoms. The summed E-state index contributed by atoms with van der Waals surface area (Å²) < 4.78 is 46.1. The van der Waals surface area contributed by atoms with Gasteiger partial charge in [0.25, 0.3) is 0 Å². The highest BCUT2D eigenvalue weighted by atomic mass is 19.3. The minimum Gasteiger partial charge on any atom is -0.489 e. The van der Waals surface area contributed by atoms with E-state index < -0.39 is 18.5 Å². The van der Waals surface area contributed by atoms with Crippen molar-refractivity contribution in [3.05, 3.63) is 59.7 Å². The number of halogens is 2. The second kappa shape index (κ2) is 9.63. The molecule has 1 saturated carbocycles. The first-order valence-electron chi connectivity index (χ1n) is 9.98. The molecule has 2 aromatic heterocycles. The van der Waals surface area contributed by atoms with Gasteiger partial charge in [0, 0.05) is 11.8 Å². The van der Waals surface area contributed by atoms with Gasteiger partial charge in [0.1, 0.15) is 24.3 Å². The molecule has 0 atom stereocenters. The zero-order valence-electron chi connectivity index (χ0n) is 17.2. The highest BCUT2D eigenvalue weighted by Gasteiger charge is 2.23. The number of carbonyl (C=O) groups is 2. The molecular weight excluding hydrogens is 440 g/mol. The number of ether oxygens (including phenoxy) is 3. The van der Waals surface area contributed by atoms with Gasteiger partial charge in [0.15, 0.2) is 11.5 Å². The molecule has 2 N–H and O–H groups in total. The van der Waals surface area contributed by atoms with Crippen LogP contribution in [0.5, 0.6) is 11.5 Å². The average molecular weight is 459 g/mol. The molecule has 0 bridgehead atoms. The van der Waals surface area contributed by atoms with E-state index in [2.05, 4.69) is 14.7 Å². The number of hydrogen-bond donors (Lipinski definition) is 1. The SMILES string of the molecule is NC(=O)c1ccc(C(=O)OCc2coc(-c3ccc(OC(F)F)c(OCC4CC4)c3)n2)nc1. The van der Waals surface area contributed by atoms with Crippen LogP contribution in [0.25, 0.3) is 11.5 Å².